The Morgan fingerprint density at radius 2 is 1.85 bits per heavy atom. The molecule has 20 heavy (non-hydrogen) atoms. The Morgan fingerprint density at radius 1 is 1.20 bits per heavy atom. The number of hydrogen-bond donors (Lipinski definition) is 1. The Balaban J connectivity index is 1.94. The van der Waals surface area contributed by atoms with Crippen molar-refractivity contribution in [1.29, 1.82) is 0 Å². The Bertz CT molecular complexity index is 490. The van der Waals surface area contributed by atoms with E-state index in [4.69, 9.17) is 0 Å². The highest BCUT2D eigenvalue weighted by molar-refractivity contribution is 5.41. The van der Waals surface area contributed by atoms with E-state index in [1.165, 1.54) is 25.7 Å². The predicted octanol–water partition coefficient (Wildman–Crippen LogP) is 3.89. The van der Waals surface area contributed by atoms with Crippen LogP contribution < -0.4 is 10.9 Å². The maximum Gasteiger partial charge on any atom is 0.250 e. The molecule has 1 aliphatic carbocycles. The van der Waals surface area contributed by atoms with Crippen molar-refractivity contribution in [2.24, 2.45) is 11.3 Å². The molecule has 3 heteroatoms. The van der Waals surface area contributed by atoms with Crippen LogP contribution in [0.2, 0.25) is 0 Å². The van der Waals surface area contributed by atoms with Crippen LogP contribution in [0.5, 0.6) is 0 Å². The van der Waals surface area contributed by atoms with E-state index in [1.54, 1.807) is 10.6 Å². The van der Waals surface area contributed by atoms with E-state index < -0.39 is 0 Å². The van der Waals surface area contributed by atoms with E-state index >= 15 is 0 Å². The standard InChI is InChI=1S/C17H28N2O/c1-5-19-12-15(10-11-16(19)20)18-14-8-6-13(7-9-14)17(2,3)4/h10-14,18H,5-9H2,1-4H3. The van der Waals surface area contributed by atoms with Gasteiger partial charge in [0.15, 0.2) is 0 Å². The normalized spacial score (nSPS) is 23.6. The van der Waals surface area contributed by atoms with Crippen molar-refractivity contribution in [1.82, 2.24) is 4.57 Å². The van der Waals surface area contributed by atoms with Crippen LogP contribution in [-0.2, 0) is 6.54 Å². The summed E-state index contributed by atoms with van der Waals surface area (Å²) in [6, 6.07) is 4.12. The van der Waals surface area contributed by atoms with Gasteiger partial charge < -0.3 is 9.88 Å². The van der Waals surface area contributed by atoms with E-state index in [0.29, 0.717) is 11.5 Å². The summed E-state index contributed by atoms with van der Waals surface area (Å²) in [4.78, 5) is 11.6. The Labute approximate surface area is 122 Å². The SMILES string of the molecule is CCn1cc(NC2CCC(C(C)(C)C)CC2)ccc1=O. The van der Waals surface area contributed by atoms with Crippen molar-refractivity contribution in [3.63, 3.8) is 0 Å². The van der Waals surface area contributed by atoms with Gasteiger partial charge in [-0.1, -0.05) is 20.8 Å². The molecule has 0 amide bonds. The monoisotopic (exact) mass is 276 g/mol. The van der Waals surface area contributed by atoms with Crippen LogP contribution in [0.1, 0.15) is 53.4 Å². The minimum absolute atomic E-state index is 0.0782. The molecule has 0 radical (unpaired) electrons. The van der Waals surface area contributed by atoms with E-state index in [0.717, 1.165) is 18.2 Å². The molecule has 2 rings (SSSR count). The molecular weight excluding hydrogens is 248 g/mol. The zero-order chi connectivity index (χ0) is 14.8. The van der Waals surface area contributed by atoms with Crippen molar-refractivity contribution in [3.05, 3.63) is 28.7 Å². The Hall–Kier alpha value is -1.25. The minimum Gasteiger partial charge on any atom is -0.381 e. The molecule has 1 fully saturated rings. The summed E-state index contributed by atoms with van der Waals surface area (Å²) in [5.41, 5.74) is 1.58. The van der Waals surface area contributed by atoms with E-state index in [-0.39, 0.29) is 5.56 Å². The summed E-state index contributed by atoms with van der Waals surface area (Å²) in [6.07, 6.45) is 7.00. The third-order valence-corrected chi connectivity index (χ3v) is 4.65. The topological polar surface area (TPSA) is 34.0 Å². The van der Waals surface area contributed by atoms with Gasteiger partial charge in [-0.25, -0.2) is 0 Å². The summed E-state index contributed by atoms with van der Waals surface area (Å²) in [5.74, 6) is 0.838. The van der Waals surface area contributed by atoms with Gasteiger partial charge in [0, 0.05) is 24.8 Å². The minimum atomic E-state index is 0.0782. The van der Waals surface area contributed by atoms with E-state index in [1.807, 2.05) is 19.2 Å². The van der Waals surface area contributed by atoms with Crippen molar-refractivity contribution in [2.75, 3.05) is 5.32 Å². The summed E-state index contributed by atoms with van der Waals surface area (Å²) in [6.45, 7) is 9.78. The lowest BCUT2D eigenvalue weighted by Gasteiger charge is -2.37. The Morgan fingerprint density at radius 3 is 2.40 bits per heavy atom. The molecule has 1 aromatic rings. The number of anilines is 1. The molecular formula is C17H28N2O. The Kier molecular flexibility index (Phi) is 4.56. The molecule has 0 aromatic carbocycles. The molecule has 112 valence electrons. The highest BCUT2D eigenvalue weighted by Crippen LogP contribution is 2.38. The fourth-order valence-electron chi connectivity index (χ4n) is 3.20. The molecule has 1 aromatic heterocycles. The third-order valence-electron chi connectivity index (χ3n) is 4.65. The quantitative estimate of drug-likeness (QED) is 0.909. The van der Waals surface area contributed by atoms with Crippen molar-refractivity contribution in [3.8, 4) is 0 Å². The van der Waals surface area contributed by atoms with E-state index in [2.05, 4.69) is 26.1 Å². The number of aryl methyl sites for hydroxylation is 1. The average Bonchev–Trinajstić information content (AvgIpc) is 2.40. The van der Waals surface area contributed by atoms with Crippen LogP contribution in [0.25, 0.3) is 0 Å². The van der Waals surface area contributed by atoms with Gasteiger partial charge >= 0.3 is 0 Å². The number of hydrogen-bond acceptors (Lipinski definition) is 2. The molecule has 0 aliphatic heterocycles. The molecule has 0 saturated heterocycles. The molecule has 0 atom stereocenters. The predicted molar refractivity (Wildman–Crippen MR) is 85.2 cm³/mol. The van der Waals surface area contributed by atoms with Crippen molar-refractivity contribution < 1.29 is 0 Å². The summed E-state index contributed by atoms with van der Waals surface area (Å²) >= 11 is 0. The smallest absolute Gasteiger partial charge is 0.250 e. The molecule has 0 unspecified atom stereocenters. The lowest BCUT2D eigenvalue weighted by atomic mass is 9.71. The zero-order valence-corrected chi connectivity index (χ0v) is 13.3. The van der Waals surface area contributed by atoms with Crippen LogP contribution in [0, 0.1) is 11.3 Å². The highest BCUT2D eigenvalue weighted by atomic mass is 16.1. The lowest BCUT2D eigenvalue weighted by Crippen LogP contribution is -2.32. The summed E-state index contributed by atoms with van der Waals surface area (Å²) < 4.78 is 1.75. The molecule has 0 spiro atoms. The van der Waals surface area contributed by atoms with Gasteiger partial charge in [-0.3, -0.25) is 4.79 Å². The van der Waals surface area contributed by atoms with Crippen molar-refractivity contribution >= 4 is 5.69 Å². The molecule has 0 bridgehead atoms. The van der Waals surface area contributed by atoms with Gasteiger partial charge in [-0.05, 0) is 50.0 Å². The van der Waals surface area contributed by atoms with Gasteiger partial charge in [-0.2, -0.15) is 0 Å². The number of nitrogens with one attached hydrogen (secondary N) is 1. The first kappa shape index (κ1) is 15.1. The number of rotatable bonds is 3. The zero-order valence-electron chi connectivity index (χ0n) is 13.3. The number of nitrogens with zero attached hydrogens (tertiary/aromatic N) is 1. The van der Waals surface area contributed by atoms with Crippen LogP contribution >= 0.6 is 0 Å². The highest BCUT2D eigenvalue weighted by Gasteiger charge is 2.29. The third kappa shape index (κ3) is 3.65. The second-order valence-corrected chi connectivity index (χ2v) is 7.10. The first-order chi connectivity index (χ1) is 9.40. The molecule has 1 aliphatic rings. The van der Waals surface area contributed by atoms with Crippen molar-refractivity contribution in [2.45, 2.75) is 66.0 Å². The fraction of sp³-hybridized carbons (Fsp3) is 0.706. The van der Waals surface area contributed by atoms with Gasteiger partial charge in [-0.15, -0.1) is 0 Å². The lowest BCUT2D eigenvalue weighted by molar-refractivity contribution is 0.173. The summed E-state index contributed by atoms with van der Waals surface area (Å²) in [7, 11) is 0. The fourth-order valence-corrected chi connectivity index (χ4v) is 3.20. The molecule has 1 N–H and O–H groups in total. The van der Waals surface area contributed by atoms with Crippen LogP contribution in [0.3, 0.4) is 0 Å². The first-order valence-corrected chi connectivity index (χ1v) is 7.87. The first-order valence-electron chi connectivity index (χ1n) is 7.87. The number of pyridine rings is 1. The number of aromatic nitrogens is 1. The molecule has 1 saturated carbocycles. The summed E-state index contributed by atoms with van der Waals surface area (Å²) in [5, 5.41) is 3.60. The molecule has 1 heterocycles. The second-order valence-electron chi connectivity index (χ2n) is 7.10. The van der Waals surface area contributed by atoms with Crippen LogP contribution in [0.4, 0.5) is 5.69 Å². The largest absolute Gasteiger partial charge is 0.381 e. The van der Waals surface area contributed by atoms with Crippen LogP contribution in [0.15, 0.2) is 23.1 Å². The molecule has 3 nitrogen and oxygen atoms in total. The second kappa shape index (κ2) is 6.02. The maximum absolute atomic E-state index is 11.6. The van der Waals surface area contributed by atoms with Gasteiger partial charge in [0.1, 0.15) is 0 Å². The average molecular weight is 276 g/mol. The van der Waals surface area contributed by atoms with E-state index in [9.17, 15) is 4.79 Å². The van der Waals surface area contributed by atoms with Gasteiger partial charge in [0.05, 0.1) is 5.69 Å². The maximum atomic E-state index is 11.6. The van der Waals surface area contributed by atoms with Crippen LogP contribution in [-0.4, -0.2) is 10.6 Å². The van der Waals surface area contributed by atoms with Gasteiger partial charge in [0.2, 0.25) is 0 Å². The van der Waals surface area contributed by atoms with Gasteiger partial charge in [0.25, 0.3) is 5.56 Å².